The summed E-state index contributed by atoms with van der Waals surface area (Å²) in [5, 5.41) is 4.17. The fraction of sp³-hybridized carbons (Fsp3) is 0.481. The molecule has 0 saturated carbocycles. The first kappa shape index (κ1) is 24.1. The van der Waals surface area contributed by atoms with Crippen LogP contribution in [0.1, 0.15) is 49.3 Å². The molecule has 3 aliphatic rings. The van der Waals surface area contributed by atoms with Gasteiger partial charge in [0, 0.05) is 36.1 Å². The van der Waals surface area contributed by atoms with E-state index in [0.717, 1.165) is 66.3 Å². The first-order chi connectivity index (χ1) is 17.3. The van der Waals surface area contributed by atoms with E-state index in [1.165, 1.54) is 0 Å². The molecule has 1 aromatic heterocycles. The molecule has 2 aromatic carbocycles. The summed E-state index contributed by atoms with van der Waals surface area (Å²) >= 11 is 0. The summed E-state index contributed by atoms with van der Waals surface area (Å²) in [6.07, 6.45) is -3.78. The van der Waals surface area contributed by atoms with E-state index in [0.29, 0.717) is 23.6 Å². The number of nitrogens with two attached hydrogens (primary N) is 1. The average Bonchev–Trinajstić information content (AvgIpc) is 3.06. The quantitative estimate of drug-likeness (QED) is 0.460. The minimum atomic E-state index is -4.48. The van der Waals surface area contributed by atoms with Gasteiger partial charge in [-0.1, -0.05) is 0 Å². The molecule has 10 heteroatoms. The summed E-state index contributed by atoms with van der Waals surface area (Å²) in [6.45, 7) is 11.1. The number of hydrogen-bond acceptors (Lipinski definition) is 7. The van der Waals surface area contributed by atoms with Crippen LogP contribution < -0.4 is 20.7 Å². The first-order valence-electron chi connectivity index (χ1n) is 12.4. The van der Waals surface area contributed by atoms with Crippen molar-refractivity contribution in [2.45, 2.75) is 51.9 Å². The third-order valence-electron chi connectivity index (χ3n) is 7.48. The third kappa shape index (κ3) is 4.11. The number of ether oxygens (including phenoxy) is 2. The summed E-state index contributed by atoms with van der Waals surface area (Å²) in [5.74, 6) is 2.00. The highest BCUT2D eigenvalue weighted by Gasteiger charge is 2.50. The maximum atomic E-state index is 13.4. The van der Waals surface area contributed by atoms with Crippen molar-refractivity contribution in [3.8, 4) is 5.75 Å². The van der Waals surface area contributed by atoms with E-state index in [1.807, 2.05) is 6.92 Å². The van der Waals surface area contributed by atoms with Gasteiger partial charge in [-0.3, -0.25) is 0 Å². The van der Waals surface area contributed by atoms with Crippen molar-refractivity contribution in [2.75, 3.05) is 42.3 Å². The van der Waals surface area contributed by atoms with Crippen molar-refractivity contribution in [2.24, 2.45) is 5.41 Å². The monoisotopic (exact) mass is 513 g/mol. The zero-order chi connectivity index (χ0) is 26.3. The number of aryl methyl sites for hydroxylation is 1. The van der Waals surface area contributed by atoms with Crippen molar-refractivity contribution in [1.82, 2.24) is 9.97 Å². The number of halogens is 3. The number of fused-ring (bicyclic) bond motifs is 3. The molecule has 2 saturated heterocycles. The van der Waals surface area contributed by atoms with Crippen LogP contribution >= 0.6 is 0 Å². The molecular weight excluding hydrogens is 483 g/mol. The summed E-state index contributed by atoms with van der Waals surface area (Å²) in [5.41, 5.74) is 8.22. The van der Waals surface area contributed by atoms with E-state index < -0.39 is 17.8 Å². The molecule has 2 fully saturated rings. The van der Waals surface area contributed by atoms with Crippen molar-refractivity contribution in [3.63, 3.8) is 0 Å². The van der Waals surface area contributed by atoms with E-state index in [2.05, 4.69) is 35.1 Å². The molecule has 7 nitrogen and oxygen atoms in total. The highest BCUT2D eigenvalue weighted by atomic mass is 19.4. The molecule has 4 heterocycles. The number of nitrogen functional groups attached to an aromatic ring is 1. The van der Waals surface area contributed by atoms with E-state index >= 15 is 0 Å². The summed E-state index contributed by atoms with van der Waals surface area (Å²) in [6, 6.07) is 5.21. The number of alkyl halides is 3. The van der Waals surface area contributed by atoms with Gasteiger partial charge < -0.3 is 25.4 Å². The maximum Gasteiger partial charge on any atom is 0.416 e. The van der Waals surface area contributed by atoms with Gasteiger partial charge in [0.15, 0.2) is 0 Å². The summed E-state index contributed by atoms with van der Waals surface area (Å²) in [4.78, 5) is 11.8. The fourth-order valence-corrected chi connectivity index (χ4v) is 5.66. The van der Waals surface area contributed by atoms with Gasteiger partial charge in [0.1, 0.15) is 23.0 Å². The molecule has 1 spiro atoms. The Balaban J connectivity index is 1.42. The number of rotatable bonds is 4. The molecule has 3 aromatic rings. The topological polar surface area (TPSA) is 85.5 Å². The van der Waals surface area contributed by atoms with Crippen LogP contribution in [-0.2, 0) is 17.3 Å². The van der Waals surface area contributed by atoms with Crippen molar-refractivity contribution < 1.29 is 22.6 Å². The van der Waals surface area contributed by atoms with Crippen LogP contribution in [0.5, 0.6) is 5.75 Å². The SMILES string of the molecule is Cc1nc(NC(C)c2cc(N)cc(C(F)(F)F)c2)c2cc(N3CC4(COC4)C3)c3c(c2n1)CC(C)(C)O3. The van der Waals surface area contributed by atoms with Gasteiger partial charge in [-0.15, -0.1) is 0 Å². The van der Waals surface area contributed by atoms with Crippen LogP contribution in [0.3, 0.4) is 0 Å². The molecule has 6 rings (SSSR count). The van der Waals surface area contributed by atoms with Crippen molar-refractivity contribution >= 4 is 28.1 Å². The number of aromatic nitrogens is 2. The molecule has 3 aliphatic heterocycles. The molecule has 1 atom stereocenters. The van der Waals surface area contributed by atoms with E-state index in [4.69, 9.17) is 20.2 Å². The smallest absolute Gasteiger partial charge is 0.416 e. The van der Waals surface area contributed by atoms with Gasteiger partial charge in [-0.2, -0.15) is 13.2 Å². The Bertz CT molecular complexity index is 1410. The zero-order valence-corrected chi connectivity index (χ0v) is 21.3. The lowest BCUT2D eigenvalue weighted by Crippen LogP contribution is -2.66. The van der Waals surface area contributed by atoms with Crippen LogP contribution in [0.25, 0.3) is 10.9 Å². The second-order valence-corrected chi connectivity index (χ2v) is 11.4. The lowest BCUT2D eigenvalue weighted by atomic mass is 9.77. The van der Waals surface area contributed by atoms with Gasteiger partial charge in [-0.25, -0.2) is 9.97 Å². The Morgan fingerprint density at radius 2 is 1.84 bits per heavy atom. The average molecular weight is 514 g/mol. The molecule has 196 valence electrons. The Hall–Kier alpha value is -3.27. The highest BCUT2D eigenvalue weighted by molar-refractivity contribution is 5.97. The maximum absolute atomic E-state index is 13.4. The molecule has 0 radical (unpaired) electrons. The van der Waals surface area contributed by atoms with Crippen LogP contribution in [0.15, 0.2) is 24.3 Å². The molecule has 1 unspecified atom stereocenters. The fourth-order valence-electron chi connectivity index (χ4n) is 5.66. The Morgan fingerprint density at radius 1 is 1.11 bits per heavy atom. The second-order valence-electron chi connectivity index (χ2n) is 11.4. The number of hydrogen-bond donors (Lipinski definition) is 2. The number of benzene rings is 2. The largest absolute Gasteiger partial charge is 0.485 e. The van der Waals surface area contributed by atoms with Gasteiger partial charge in [0.2, 0.25) is 0 Å². The van der Waals surface area contributed by atoms with Crippen molar-refractivity contribution in [3.05, 3.63) is 46.8 Å². The molecule has 0 aliphatic carbocycles. The lowest BCUT2D eigenvalue weighted by molar-refractivity contribution is -0.137. The van der Waals surface area contributed by atoms with Crippen LogP contribution in [0.2, 0.25) is 0 Å². The minimum absolute atomic E-state index is 0.0633. The molecule has 0 amide bonds. The number of nitrogens with one attached hydrogen (secondary N) is 1. The second kappa shape index (κ2) is 7.86. The number of nitrogens with zero attached hydrogens (tertiary/aromatic N) is 3. The first-order valence-corrected chi connectivity index (χ1v) is 12.4. The van der Waals surface area contributed by atoms with Crippen LogP contribution in [0, 0.1) is 12.3 Å². The van der Waals surface area contributed by atoms with Crippen molar-refractivity contribution in [1.29, 1.82) is 0 Å². The summed E-state index contributed by atoms with van der Waals surface area (Å²) in [7, 11) is 0. The van der Waals surface area contributed by atoms with E-state index in [1.54, 1.807) is 13.0 Å². The third-order valence-corrected chi connectivity index (χ3v) is 7.48. The van der Waals surface area contributed by atoms with Crippen LogP contribution in [-0.4, -0.2) is 41.9 Å². The summed E-state index contributed by atoms with van der Waals surface area (Å²) < 4.78 is 52.1. The van der Waals surface area contributed by atoms with Gasteiger partial charge in [0.05, 0.1) is 41.4 Å². The Morgan fingerprint density at radius 3 is 2.49 bits per heavy atom. The lowest BCUT2D eigenvalue weighted by Gasteiger charge is -2.56. The van der Waals surface area contributed by atoms with E-state index in [-0.39, 0.29) is 16.7 Å². The zero-order valence-electron chi connectivity index (χ0n) is 21.3. The standard InChI is InChI=1S/C27H30F3N5O2/c1-14(16-5-17(27(28,29)30)7-18(31)6-16)32-24-19-8-21(35-10-26(11-35)12-36-13-26)23-20(9-25(3,4)37-23)22(19)33-15(2)34-24/h5-8,14H,9-13,31H2,1-4H3,(H,32,33,34). The minimum Gasteiger partial charge on any atom is -0.485 e. The number of anilines is 3. The Kier molecular flexibility index (Phi) is 5.12. The molecular formula is C27H30F3N5O2. The Labute approximate surface area is 213 Å². The van der Waals surface area contributed by atoms with Gasteiger partial charge in [0.25, 0.3) is 0 Å². The molecule has 3 N–H and O–H groups in total. The highest BCUT2D eigenvalue weighted by Crippen LogP contribution is 2.51. The normalized spacial score (nSPS) is 20.2. The predicted octanol–water partition coefficient (Wildman–Crippen LogP) is 5.26. The van der Waals surface area contributed by atoms with Gasteiger partial charge >= 0.3 is 6.18 Å². The predicted molar refractivity (Wildman–Crippen MR) is 136 cm³/mol. The van der Waals surface area contributed by atoms with Gasteiger partial charge in [-0.05, 0) is 57.5 Å². The molecule has 0 bridgehead atoms. The van der Waals surface area contributed by atoms with Crippen LogP contribution in [0.4, 0.5) is 30.4 Å². The van der Waals surface area contributed by atoms with E-state index in [9.17, 15) is 13.2 Å². The molecule has 37 heavy (non-hydrogen) atoms.